The van der Waals surface area contributed by atoms with E-state index in [2.05, 4.69) is 20.3 Å². The molecule has 88 valence electrons. The van der Waals surface area contributed by atoms with Gasteiger partial charge in [-0.05, 0) is 30.6 Å². The van der Waals surface area contributed by atoms with Crippen molar-refractivity contribution in [2.24, 2.45) is 0 Å². The lowest BCUT2D eigenvalue weighted by molar-refractivity contribution is 0.102. The molecule has 0 saturated carbocycles. The lowest BCUT2D eigenvalue weighted by Gasteiger charge is -2.02. The Morgan fingerprint density at radius 1 is 1.29 bits per heavy atom. The first-order valence-electron chi connectivity index (χ1n) is 5.40. The molecule has 0 fully saturated rings. The molecule has 1 amide bonds. The van der Waals surface area contributed by atoms with Crippen LogP contribution in [0.4, 0.5) is 5.82 Å². The van der Waals surface area contributed by atoms with Crippen molar-refractivity contribution < 1.29 is 9.42 Å². The lowest BCUT2D eigenvalue weighted by Crippen LogP contribution is -2.13. The van der Waals surface area contributed by atoms with E-state index in [1.54, 1.807) is 12.1 Å². The Kier molecular flexibility index (Phi) is 3.18. The number of nitrogens with zero attached hydrogens (tertiary/aromatic N) is 2. The Labute approximate surface area is 98.8 Å². The van der Waals surface area contributed by atoms with E-state index >= 15 is 0 Å². The molecule has 0 bridgehead atoms. The van der Waals surface area contributed by atoms with E-state index in [-0.39, 0.29) is 5.91 Å². The van der Waals surface area contributed by atoms with Crippen LogP contribution >= 0.6 is 0 Å². The van der Waals surface area contributed by atoms with Crippen molar-refractivity contribution in [2.75, 3.05) is 5.32 Å². The molecule has 0 saturated heterocycles. The summed E-state index contributed by atoms with van der Waals surface area (Å²) in [5.74, 6) is 0.175. The number of benzene rings is 1. The highest BCUT2D eigenvalue weighted by atomic mass is 16.6. The summed E-state index contributed by atoms with van der Waals surface area (Å²) in [5, 5.41) is 10.0. The Balaban J connectivity index is 2.14. The summed E-state index contributed by atoms with van der Waals surface area (Å²) in [6.45, 7) is 3.89. The van der Waals surface area contributed by atoms with Crippen LogP contribution in [0, 0.1) is 6.92 Å². The van der Waals surface area contributed by atoms with Gasteiger partial charge in [0.15, 0.2) is 0 Å². The molecule has 1 N–H and O–H groups in total. The van der Waals surface area contributed by atoms with Gasteiger partial charge in [-0.25, -0.2) is 4.63 Å². The highest BCUT2D eigenvalue weighted by molar-refractivity contribution is 6.03. The van der Waals surface area contributed by atoms with Crippen molar-refractivity contribution in [3.8, 4) is 0 Å². The fraction of sp³-hybridized carbons (Fsp3) is 0.250. The summed E-state index contributed by atoms with van der Waals surface area (Å²) in [5.41, 5.74) is 2.34. The van der Waals surface area contributed by atoms with Crippen LogP contribution in [0.15, 0.2) is 28.9 Å². The van der Waals surface area contributed by atoms with Gasteiger partial charge in [-0.2, -0.15) is 0 Å². The number of carbonyl (C=O) groups excluding carboxylic acids is 1. The molecule has 5 nitrogen and oxygen atoms in total. The zero-order valence-corrected chi connectivity index (χ0v) is 9.73. The zero-order valence-electron chi connectivity index (χ0n) is 9.73. The molecule has 5 heteroatoms. The SMILES string of the molecule is CCc1nonc1NC(=O)c1ccc(C)cc1. The van der Waals surface area contributed by atoms with Gasteiger partial charge in [0.1, 0.15) is 5.69 Å². The summed E-state index contributed by atoms with van der Waals surface area (Å²) in [6, 6.07) is 7.31. The Hall–Kier alpha value is -2.17. The summed E-state index contributed by atoms with van der Waals surface area (Å²) in [7, 11) is 0. The van der Waals surface area contributed by atoms with E-state index in [4.69, 9.17) is 0 Å². The number of nitrogens with one attached hydrogen (secondary N) is 1. The van der Waals surface area contributed by atoms with Crippen LogP contribution in [0.25, 0.3) is 0 Å². The van der Waals surface area contributed by atoms with E-state index in [1.165, 1.54) is 0 Å². The number of rotatable bonds is 3. The number of anilines is 1. The molecule has 1 aromatic heterocycles. The van der Waals surface area contributed by atoms with Crippen LogP contribution in [0.3, 0.4) is 0 Å². The molecule has 0 atom stereocenters. The second-order valence-corrected chi connectivity index (χ2v) is 3.73. The van der Waals surface area contributed by atoms with Gasteiger partial charge in [-0.3, -0.25) is 4.79 Å². The molecule has 0 radical (unpaired) electrons. The Bertz CT molecular complexity index is 517. The molecular formula is C12H13N3O2. The molecule has 1 heterocycles. The Morgan fingerprint density at radius 2 is 2.00 bits per heavy atom. The molecule has 17 heavy (non-hydrogen) atoms. The van der Waals surface area contributed by atoms with E-state index in [1.807, 2.05) is 26.0 Å². The summed E-state index contributed by atoms with van der Waals surface area (Å²) < 4.78 is 4.58. The second-order valence-electron chi connectivity index (χ2n) is 3.73. The second kappa shape index (κ2) is 4.78. The van der Waals surface area contributed by atoms with Crippen LogP contribution in [-0.2, 0) is 6.42 Å². The van der Waals surface area contributed by atoms with Gasteiger partial charge in [0.2, 0.25) is 5.82 Å². The van der Waals surface area contributed by atoms with Gasteiger partial charge < -0.3 is 5.32 Å². The molecule has 0 aliphatic carbocycles. The highest BCUT2D eigenvalue weighted by Gasteiger charge is 2.12. The number of aryl methyl sites for hydroxylation is 2. The minimum atomic E-state index is -0.213. The van der Waals surface area contributed by atoms with Gasteiger partial charge >= 0.3 is 0 Å². The number of aromatic nitrogens is 2. The van der Waals surface area contributed by atoms with Crippen LogP contribution in [0.2, 0.25) is 0 Å². The first kappa shape index (κ1) is 11.3. The van der Waals surface area contributed by atoms with Gasteiger partial charge in [-0.15, -0.1) is 0 Å². The summed E-state index contributed by atoms with van der Waals surface area (Å²) in [6.07, 6.45) is 0.660. The van der Waals surface area contributed by atoms with E-state index in [9.17, 15) is 4.79 Å². The number of amides is 1. The number of carbonyl (C=O) groups is 1. The first-order valence-corrected chi connectivity index (χ1v) is 5.40. The summed E-state index contributed by atoms with van der Waals surface area (Å²) >= 11 is 0. The van der Waals surface area contributed by atoms with Gasteiger partial charge in [-0.1, -0.05) is 29.8 Å². The average Bonchev–Trinajstić information content (AvgIpc) is 2.77. The smallest absolute Gasteiger partial charge is 0.256 e. The maximum absolute atomic E-state index is 11.9. The third-order valence-corrected chi connectivity index (χ3v) is 2.44. The van der Waals surface area contributed by atoms with Gasteiger partial charge in [0.25, 0.3) is 5.91 Å². The molecule has 2 aromatic rings. The van der Waals surface area contributed by atoms with E-state index < -0.39 is 0 Å². The predicted molar refractivity (Wildman–Crippen MR) is 62.8 cm³/mol. The maximum Gasteiger partial charge on any atom is 0.256 e. The van der Waals surface area contributed by atoms with Gasteiger partial charge in [0, 0.05) is 5.56 Å². The molecular weight excluding hydrogens is 218 g/mol. The molecule has 0 aliphatic heterocycles. The maximum atomic E-state index is 11.9. The van der Waals surface area contributed by atoms with Crippen molar-refractivity contribution >= 4 is 11.7 Å². The highest BCUT2D eigenvalue weighted by Crippen LogP contribution is 2.12. The quantitative estimate of drug-likeness (QED) is 0.879. The third kappa shape index (κ3) is 2.50. The monoisotopic (exact) mass is 231 g/mol. The van der Waals surface area contributed by atoms with Crippen molar-refractivity contribution in [1.82, 2.24) is 10.3 Å². The van der Waals surface area contributed by atoms with Crippen LogP contribution in [-0.4, -0.2) is 16.2 Å². The first-order chi connectivity index (χ1) is 8.20. The number of hydrogen-bond donors (Lipinski definition) is 1. The fourth-order valence-electron chi connectivity index (χ4n) is 1.42. The predicted octanol–water partition coefficient (Wildman–Crippen LogP) is 2.19. The lowest BCUT2D eigenvalue weighted by atomic mass is 10.1. The van der Waals surface area contributed by atoms with Crippen LogP contribution in [0.1, 0.15) is 28.5 Å². The van der Waals surface area contributed by atoms with E-state index in [0.29, 0.717) is 23.5 Å². The molecule has 0 spiro atoms. The topological polar surface area (TPSA) is 68.0 Å². The minimum Gasteiger partial charge on any atom is -0.302 e. The fourth-order valence-corrected chi connectivity index (χ4v) is 1.42. The van der Waals surface area contributed by atoms with Crippen molar-refractivity contribution in [2.45, 2.75) is 20.3 Å². The molecule has 0 aliphatic rings. The number of hydrogen-bond acceptors (Lipinski definition) is 4. The zero-order chi connectivity index (χ0) is 12.3. The van der Waals surface area contributed by atoms with Crippen LogP contribution in [0.5, 0.6) is 0 Å². The largest absolute Gasteiger partial charge is 0.302 e. The molecule has 2 rings (SSSR count). The Morgan fingerprint density at radius 3 is 2.65 bits per heavy atom. The van der Waals surface area contributed by atoms with Crippen molar-refractivity contribution in [3.05, 3.63) is 41.1 Å². The van der Waals surface area contributed by atoms with E-state index in [0.717, 1.165) is 5.56 Å². The normalized spacial score (nSPS) is 10.2. The van der Waals surface area contributed by atoms with Crippen LogP contribution < -0.4 is 5.32 Å². The van der Waals surface area contributed by atoms with Gasteiger partial charge in [0.05, 0.1) is 0 Å². The standard InChI is InChI=1S/C12H13N3O2/c1-3-10-11(15-17-14-10)13-12(16)9-6-4-8(2)5-7-9/h4-7H,3H2,1-2H3,(H,13,15,16). The molecule has 1 aromatic carbocycles. The molecule has 0 unspecified atom stereocenters. The van der Waals surface area contributed by atoms with Crippen molar-refractivity contribution in [1.29, 1.82) is 0 Å². The minimum absolute atomic E-state index is 0.213. The summed E-state index contributed by atoms with van der Waals surface area (Å²) in [4.78, 5) is 11.9. The third-order valence-electron chi connectivity index (χ3n) is 2.44. The van der Waals surface area contributed by atoms with Crippen molar-refractivity contribution in [3.63, 3.8) is 0 Å². The average molecular weight is 231 g/mol.